The average molecular weight is 260 g/mol. The SMILES string of the molecule is COc1ccccc1CC(NN)C1C2CCCCC21. The summed E-state index contributed by atoms with van der Waals surface area (Å²) in [5.41, 5.74) is 4.33. The predicted molar refractivity (Wildman–Crippen MR) is 76.7 cm³/mol. The molecule has 2 saturated carbocycles. The minimum absolute atomic E-state index is 0.393. The van der Waals surface area contributed by atoms with Gasteiger partial charge < -0.3 is 4.74 Å². The summed E-state index contributed by atoms with van der Waals surface area (Å²) in [5.74, 6) is 9.41. The monoisotopic (exact) mass is 260 g/mol. The Morgan fingerprint density at radius 2 is 1.95 bits per heavy atom. The number of rotatable bonds is 5. The van der Waals surface area contributed by atoms with Gasteiger partial charge >= 0.3 is 0 Å². The van der Waals surface area contributed by atoms with Crippen LogP contribution >= 0.6 is 0 Å². The maximum Gasteiger partial charge on any atom is 0.122 e. The Labute approximate surface area is 115 Å². The molecule has 0 bridgehead atoms. The third kappa shape index (κ3) is 2.49. The average Bonchev–Trinajstić information content (AvgIpc) is 3.19. The summed E-state index contributed by atoms with van der Waals surface area (Å²) in [4.78, 5) is 0. The molecule has 0 aromatic heterocycles. The molecule has 3 nitrogen and oxygen atoms in total. The van der Waals surface area contributed by atoms with Crippen LogP contribution in [0.15, 0.2) is 24.3 Å². The molecule has 0 heterocycles. The van der Waals surface area contributed by atoms with Gasteiger partial charge in [-0.3, -0.25) is 11.3 Å². The van der Waals surface area contributed by atoms with Gasteiger partial charge in [0.2, 0.25) is 0 Å². The number of methoxy groups -OCH3 is 1. The van der Waals surface area contributed by atoms with Gasteiger partial charge in [0.25, 0.3) is 0 Å². The fourth-order valence-corrected chi connectivity index (χ4v) is 4.06. The highest BCUT2D eigenvalue weighted by atomic mass is 16.5. The van der Waals surface area contributed by atoms with Crippen molar-refractivity contribution in [1.29, 1.82) is 0 Å². The maximum absolute atomic E-state index is 5.82. The first-order valence-corrected chi connectivity index (χ1v) is 7.43. The van der Waals surface area contributed by atoms with Crippen molar-refractivity contribution in [3.05, 3.63) is 29.8 Å². The van der Waals surface area contributed by atoms with Gasteiger partial charge in [-0.2, -0.15) is 0 Å². The van der Waals surface area contributed by atoms with Crippen LogP contribution in [-0.4, -0.2) is 13.2 Å². The van der Waals surface area contributed by atoms with Crippen molar-refractivity contribution < 1.29 is 4.74 Å². The first-order valence-electron chi connectivity index (χ1n) is 7.43. The van der Waals surface area contributed by atoms with E-state index in [2.05, 4.69) is 17.6 Å². The lowest BCUT2D eigenvalue weighted by Crippen LogP contribution is -2.39. The number of hydrogen-bond donors (Lipinski definition) is 2. The Morgan fingerprint density at radius 1 is 1.26 bits per heavy atom. The van der Waals surface area contributed by atoms with Gasteiger partial charge in [0.05, 0.1) is 7.11 Å². The third-order valence-corrected chi connectivity index (χ3v) is 5.03. The largest absolute Gasteiger partial charge is 0.496 e. The minimum atomic E-state index is 0.393. The number of nitrogens with two attached hydrogens (primary N) is 1. The fourth-order valence-electron chi connectivity index (χ4n) is 4.06. The standard InChI is InChI=1S/C16H24N2O/c1-19-15-9-5-2-6-11(15)10-14(18-17)16-12-7-3-4-8-13(12)16/h2,5-6,9,12-14,16,18H,3-4,7-8,10,17H2,1H3. The number of hydrogen-bond acceptors (Lipinski definition) is 3. The lowest BCUT2D eigenvalue weighted by Gasteiger charge is -2.18. The quantitative estimate of drug-likeness (QED) is 0.631. The van der Waals surface area contributed by atoms with Crippen molar-refractivity contribution in [1.82, 2.24) is 5.43 Å². The first-order chi connectivity index (χ1) is 9.35. The Balaban J connectivity index is 1.70. The molecule has 0 amide bonds. The Kier molecular flexibility index (Phi) is 3.76. The molecule has 2 aliphatic rings. The van der Waals surface area contributed by atoms with E-state index in [1.165, 1.54) is 31.2 Å². The molecule has 3 atom stereocenters. The molecule has 0 radical (unpaired) electrons. The van der Waals surface area contributed by atoms with Gasteiger partial charge in [-0.25, -0.2) is 0 Å². The van der Waals surface area contributed by atoms with Crippen LogP contribution in [0, 0.1) is 17.8 Å². The molecule has 3 N–H and O–H groups in total. The topological polar surface area (TPSA) is 47.3 Å². The molecule has 2 fully saturated rings. The fraction of sp³-hybridized carbons (Fsp3) is 0.625. The van der Waals surface area contributed by atoms with E-state index in [0.29, 0.717) is 6.04 Å². The molecule has 3 heteroatoms. The number of nitrogens with one attached hydrogen (secondary N) is 1. The zero-order chi connectivity index (χ0) is 13.2. The van der Waals surface area contributed by atoms with Crippen LogP contribution in [0.3, 0.4) is 0 Å². The van der Waals surface area contributed by atoms with Crippen molar-refractivity contribution in [2.24, 2.45) is 23.6 Å². The normalized spacial score (nSPS) is 30.5. The minimum Gasteiger partial charge on any atom is -0.496 e. The summed E-state index contributed by atoms with van der Waals surface area (Å²) in [6, 6.07) is 8.66. The summed E-state index contributed by atoms with van der Waals surface area (Å²) in [6.45, 7) is 0. The number of hydrazine groups is 1. The van der Waals surface area contributed by atoms with E-state index in [4.69, 9.17) is 10.6 Å². The smallest absolute Gasteiger partial charge is 0.122 e. The van der Waals surface area contributed by atoms with Gasteiger partial charge in [0, 0.05) is 6.04 Å². The zero-order valence-electron chi connectivity index (χ0n) is 11.6. The summed E-state index contributed by atoms with van der Waals surface area (Å²) in [6.07, 6.45) is 6.59. The van der Waals surface area contributed by atoms with Gasteiger partial charge in [-0.05, 0) is 48.6 Å². The van der Waals surface area contributed by atoms with Crippen LogP contribution < -0.4 is 16.0 Å². The number of fused-ring (bicyclic) bond motifs is 1. The molecule has 0 aliphatic heterocycles. The Hall–Kier alpha value is -1.06. The molecule has 3 unspecified atom stereocenters. The molecule has 0 saturated heterocycles. The van der Waals surface area contributed by atoms with E-state index in [-0.39, 0.29) is 0 Å². The van der Waals surface area contributed by atoms with Crippen molar-refractivity contribution in [3.8, 4) is 5.75 Å². The van der Waals surface area contributed by atoms with Crippen molar-refractivity contribution >= 4 is 0 Å². The molecule has 0 spiro atoms. The Morgan fingerprint density at radius 3 is 2.58 bits per heavy atom. The van der Waals surface area contributed by atoms with Crippen LogP contribution in [0.4, 0.5) is 0 Å². The molecule has 104 valence electrons. The van der Waals surface area contributed by atoms with E-state index < -0.39 is 0 Å². The highest BCUT2D eigenvalue weighted by molar-refractivity contribution is 5.34. The van der Waals surface area contributed by atoms with Crippen LogP contribution in [0.5, 0.6) is 5.75 Å². The third-order valence-electron chi connectivity index (χ3n) is 5.03. The summed E-state index contributed by atoms with van der Waals surface area (Å²) in [7, 11) is 1.74. The molecular formula is C16H24N2O. The highest BCUT2D eigenvalue weighted by Gasteiger charge is 2.53. The van der Waals surface area contributed by atoms with Gasteiger partial charge in [0.15, 0.2) is 0 Å². The first kappa shape index (κ1) is 12.9. The van der Waals surface area contributed by atoms with Gasteiger partial charge in [-0.1, -0.05) is 31.0 Å². The maximum atomic E-state index is 5.82. The van der Waals surface area contributed by atoms with Gasteiger partial charge in [0.1, 0.15) is 5.75 Å². The van der Waals surface area contributed by atoms with E-state index in [1.54, 1.807) is 7.11 Å². The summed E-state index contributed by atoms with van der Waals surface area (Å²) < 4.78 is 5.44. The Bertz CT molecular complexity index is 423. The van der Waals surface area contributed by atoms with E-state index >= 15 is 0 Å². The highest BCUT2D eigenvalue weighted by Crippen LogP contribution is 2.57. The molecule has 2 aliphatic carbocycles. The van der Waals surface area contributed by atoms with Crippen molar-refractivity contribution in [2.45, 2.75) is 38.1 Å². The number of benzene rings is 1. The molecule has 1 aromatic rings. The van der Waals surface area contributed by atoms with Crippen LogP contribution in [0.25, 0.3) is 0 Å². The second-order valence-electron chi connectivity index (χ2n) is 5.98. The number of para-hydroxylation sites is 1. The van der Waals surface area contributed by atoms with E-state index in [0.717, 1.165) is 29.9 Å². The van der Waals surface area contributed by atoms with E-state index in [9.17, 15) is 0 Å². The predicted octanol–water partition coefficient (Wildman–Crippen LogP) is 2.51. The lowest BCUT2D eigenvalue weighted by atomic mass is 9.99. The van der Waals surface area contributed by atoms with Crippen LogP contribution in [0.2, 0.25) is 0 Å². The number of ether oxygens (including phenoxy) is 1. The van der Waals surface area contributed by atoms with Crippen molar-refractivity contribution in [3.63, 3.8) is 0 Å². The molecule has 1 aromatic carbocycles. The van der Waals surface area contributed by atoms with E-state index in [1.807, 2.05) is 12.1 Å². The zero-order valence-corrected chi connectivity index (χ0v) is 11.6. The second-order valence-corrected chi connectivity index (χ2v) is 5.98. The molecular weight excluding hydrogens is 236 g/mol. The summed E-state index contributed by atoms with van der Waals surface area (Å²) in [5, 5.41) is 0. The van der Waals surface area contributed by atoms with Crippen molar-refractivity contribution in [2.75, 3.05) is 7.11 Å². The molecule has 19 heavy (non-hydrogen) atoms. The van der Waals surface area contributed by atoms with Crippen LogP contribution in [-0.2, 0) is 6.42 Å². The van der Waals surface area contributed by atoms with Crippen LogP contribution in [0.1, 0.15) is 31.2 Å². The lowest BCUT2D eigenvalue weighted by molar-refractivity contribution is 0.395. The van der Waals surface area contributed by atoms with Gasteiger partial charge in [-0.15, -0.1) is 0 Å². The molecule has 3 rings (SSSR count). The second kappa shape index (κ2) is 5.51. The summed E-state index contributed by atoms with van der Waals surface area (Å²) >= 11 is 0.